The first-order chi connectivity index (χ1) is 9.83. The monoisotopic (exact) mass is 289 g/mol. The summed E-state index contributed by atoms with van der Waals surface area (Å²) in [5.74, 6) is -0.683. The Labute approximate surface area is 124 Å². The fraction of sp³-hybridized carbons (Fsp3) is 0.375. The van der Waals surface area contributed by atoms with Gasteiger partial charge in [0.05, 0.1) is 0 Å². The molecule has 0 atom stereocenters. The average molecular weight is 289 g/mol. The predicted octanol–water partition coefficient (Wildman–Crippen LogP) is 2.28. The molecule has 0 aliphatic carbocycles. The van der Waals surface area contributed by atoms with E-state index in [1.54, 1.807) is 18.2 Å². The quantitative estimate of drug-likeness (QED) is 0.496. The van der Waals surface area contributed by atoms with Gasteiger partial charge in [0.2, 0.25) is 0 Å². The summed E-state index contributed by atoms with van der Waals surface area (Å²) >= 11 is 0. The summed E-state index contributed by atoms with van der Waals surface area (Å²) in [6.07, 6.45) is 1.84. The van der Waals surface area contributed by atoms with E-state index in [-0.39, 0.29) is 11.4 Å². The number of nitriles is 1. The molecule has 0 saturated heterocycles. The van der Waals surface area contributed by atoms with Crippen LogP contribution in [0.25, 0.3) is 0 Å². The number of amides is 1. The largest absolute Gasteiger partial charge is 0.389 e. The zero-order valence-electron chi connectivity index (χ0n) is 12.5. The molecule has 1 aromatic rings. The summed E-state index contributed by atoms with van der Waals surface area (Å²) < 4.78 is 13.4. The molecule has 0 saturated carbocycles. The van der Waals surface area contributed by atoms with E-state index in [1.807, 2.05) is 26.8 Å². The number of halogens is 1. The van der Waals surface area contributed by atoms with Gasteiger partial charge in [0.25, 0.3) is 5.91 Å². The van der Waals surface area contributed by atoms with Gasteiger partial charge >= 0.3 is 0 Å². The SMILES string of the molecule is CC(C)(C)NC(=O)/C(C#N)=C\NCCc1ccccc1F. The topological polar surface area (TPSA) is 64.9 Å². The van der Waals surface area contributed by atoms with Crippen molar-refractivity contribution in [1.82, 2.24) is 10.6 Å². The fourth-order valence-corrected chi connectivity index (χ4v) is 1.64. The molecular formula is C16H20FN3O. The second-order valence-electron chi connectivity index (χ2n) is 5.67. The van der Waals surface area contributed by atoms with Crippen LogP contribution in [-0.2, 0) is 11.2 Å². The van der Waals surface area contributed by atoms with Gasteiger partial charge in [-0.05, 0) is 38.8 Å². The highest BCUT2D eigenvalue weighted by atomic mass is 19.1. The summed E-state index contributed by atoms with van der Waals surface area (Å²) in [5, 5.41) is 14.5. The third kappa shape index (κ3) is 6.09. The van der Waals surface area contributed by atoms with Gasteiger partial charge in [0, 0.05) is 18.3 Å². The van der Waals surface area contributed by atoms with Gasteiger partial charge in [-0.15, -0.1) is 0 Å². The van der Waals surface area contributed by atoms with E-state index in [4.69, 9.17) is 5.26 Å². The van der Waals surface area contributed by atoms with Gasteiger partial charge in [-0.25, -0.2) is 4.39 Å². The molecule has 0 aromatic heterocycles. The standard InChI is InChI=1S/C16H20FN3O/c1-16(2,3)20-15(21)13(10-18)11-19-9-8-12-6-4-5-7-14(12)17/h4-7,11,19H,8-9H2,1-3H3,(H,20,21)/b13-11-. The fourth-order valence-electron chi connectivity index (χ4n) is 1.64. The van der Waals surface area contributed by atoms with Crippen LogP contribution in [0.3, 0.4) is 0 Å². The highest BCUT2D eigenvalue weighted by molar-refractivity contribution is 5.97. The molecule has 0 spiro atoms. The number of hydrogen-bond donors (Lipinski definition) is 2. The van der Waals surface area contributed by atoms with Crippen molar-refractivity contribution in [3.8, 4) is 6.07 Å². The van der Waals surface area contributed by atoms with E-state index in [9.17, 15) is 9.18 Å². The van der Waals surface area contributed by atoms with Gasteiger partial charge in [0.15, 0.2) is 0 Å². The Balaban J connectivity index is 2.53. The van der Waals surface area contributed by atoms with E-state index in [0.717, 1.165) is 0 Å². The molecule has 0 heterocycles. The minimum atomic E-state index is -0.427. The number of carbonyl (C=O) groups excluding carboxylic acids is 1. The Bertz CT molecular complexity index is 568. The summed E-state index contributed by atoms with van der Waals surface area (Å²) in [7, 11) is 0. The molecule has 0 aliphatic heterocycles. The molecule has 112 valence electrons. The number of nitrogens with one attached hydrogen (secondary N) is 2. The maximum absolute atomic E-state index is 13.4. The van der Waals surface area contributed by atoms with Gasteiger partial charge in [0.1, 0.15) is 17.5 Å². The Morgan fingerprint density at radius 1 is 1.38 bits per heavy atom. The van der Waals surface area contributed by atoms with Gasteiger partial charge in [-0.1, -0.05) is 18.2 Å². The second kappa shape index (κ2) is 7.44. The first-order valence-corrected chi connectivity index (χ1v) is 6.73. The van der Waals surface area contributed by atoms with Crippen LogP contribution in [0.4, 0.5) is 4.39 Å². The Hall–Kier alpha value is -2.35. The van der Waals surface area contributed by atoms with E-state index in [2.05, 4.69) is 10.6 Å². The number of rotatable bonds is 5. The summed E-state index contributed by atoms with van der Waals surface area (Å²) in [5.41, 5.74) is 0.190. The van der Waals surface area contributed by atoms with E-state index in [0.29, 0.717) is 18.5 Å². The molecule has 1 rings (SSSR count). The molecule has 4 nitrogen and oxygen atoms in total. The minimum Gasteiger partial charge on any atom is -0.389 e. The molecule has 2 N–H and O–H groups in total. The highest BCUT2D eigenvalue weighted by Gasteiger charge is 2.16. The van der Waals surface area contributed by atoms with E-state index in [1.165, 1.54) is 12.3 Å². The number of nitrogens with zero attached hydrogens (tertiary/aromatic N) is 1. The normalized spacial score (nSPS) is 11.7. The van der Waals surface area contributed by atoms with Crippen LogP contribution in [0.1, 0.15) is 26.3 Å². The Kier molecular flexibility index (Phi) is 5.92. The van der Waals surface area contributed by atoms with E-state index < -0.39 is 11.4 Å². The molecule has 0 radical (unpaired) electrons. The number of benzene rings is 1. The molecule has 1 aromatic carbocycles. The maximum atomic E-state index is 13.4. The molecule has 21 heavy (non-hydrogen) atoms. The zero-order valence-corrected chi connectivity index (χ0v) is 12.5. The van der Waals surface area contributed by atoms with Crippen LogP contribution >= 0.6 is 0 Å². The molecule has 0 bridgehead atoms. The average Bonchev–Trinajstić information content (AvgIpc) is 2.38. The lowest BCUT2D eigenvalue weighted by Gasteiger charge is -2.20. The van der Waals surface area contributed by atoms with Gasteiger partial charge in [-0.3, -0.25) is 4.79 Å². The molecule has 5 heteroatoms. The van der Waals surface area contributed by atoms with Crippen molar-refractivity contribution in [2.24, 2.45) is 0 Å². The summed E-state index contributed by atoms with van der Waals surface area (Å²) in [6.45, 7) is 5.96. The van der Waals surface area contributed by atoms with Crippen molar-refractivity contribution in [2.45, 2.75) is 32.7 Å². The molecule has 0 aliphatic rings. The number of carbonyl (C=O) groups is 1. The molecule has 0 fully saturated rings. The smallest absolute Gasteiger partial charge is 0.263 e. The van der Waals surface area contributed by atoms with Crippen molar-refractivity contribution in [2.75, 3.05) is 6.54 Å². The highest BCUT2D eigenvalue weighted by Crippen LogP contribution is 2.06. The third-order valence-electron chi connectivity index (χ3n) is 2.60. The van der Waals surface area contributed by atoms with E-state index >= 15 is 0 Å². The molecule has 1 amide bonds. The van der Waals surface area contributed by atoms with Crippen LogP contribution in [0.15, 0.2) is 36.0 Å². The second-order valence-corrected chi connectivity index (χ2v) is 5.67. The lowest BCUT2D eigenvalue weighted by molar-refractivity contribution is -0.118. The lowest BCUT2D eigenvalue weighted by Crippen LogP contribution is -2.41. The van der Waals surface area contributed by atoms with Crippen LogP contribution in [-0.4, -0.2) is 18.0 Å². The predicted molar refractivity (Wildman–Crippen MR) is 79.7 cm³/mol. The van der Waals surface area contributed by atoms with Crippen LogP contribution in [0.2, 0.25) is 0 Å². The van der Waals surface area contributed by atoms with Gasteiger partial charge in [-0.2, -0.15) is 5.26 Å². The van der Waals surface area contributed by atoms with Crippen LogP contribution in [0, 0.1) is 17.1 Å². The van der Waals surface area contributed by atoms with Crippen molar-refractivity contribution >= 4 is 5.91 Å². The minimum absolute atomic E-state index is 0.00143. The summed E-state index contributed by atoms with van der Waals surface area (Å²) in [4.78, 5) is 11.8. The molecule has 0 unspecified atom stereocenters. The van der Waals surface area contributed by atoms with Gasteiger partial charge < -0.3 is 10.6 Å². The lowest BCUT2D eigenvalue weighted by atomic mass is 10.1. The summed E-state index contributed by atoms with van der Waals surface area (Å²) in [6, 6.07) is 8.36. The van der Waals surface area contributed by atoms with Crippen LogP contribution in [0.5, 0.6) is 0 Å². The zero-order chi connectivity index (χ0) is 15.9. The van der Waals surface area contributed by atoms with Crippen molar-refractivity contribution in [3.63, 3.8) is 0 Å². The maximum Gasteiger partial charge on any atom is 0.263 e. The van der Waals surface area contributed by atoms with Crippen LogP contribution < -0.4 is 10.6 Å². The van der Waals surface area contributed by atoms with Crippen molar-refractivity contribution in [3.05, 3.63) is 47.4 Å². The first-order valence-electron chi connectivity index (χ1n) is 6.73. The molecular weight excluding hydrogens is 269 g/mol. The van der Waals surface area contributed by atoms with Crippen molar-refractivity contribution in [1.29, 1.82) is 5.26 Å². The number of hydrogen-bond acceptors (Lipinski definition) is 3. The Morgan fingerprint density at radius 2 is 2.05 bits per heavy atom. The van der Waals surface area contributed by atoms with Crippen molar-refractivity contribution < 1.29 is 9.18 Å². The third-order valence-corrected chi connectivity index (χ3v) is 2.60. The first kappa shape index (κ1) is 16.7. The Morgan fingerprint density at radius 3 is 2.62 bits per heavy atom.